The van der Waals surface area contributed by atoms with Gasteiger partial charge < -0.3 is 25.0 Å². The van der Waals surface area contributed by atoms with E-state index >= 15 is 0 Å². The molecular formula is C25H30N6O4. The Kier molecular flexibility index (Phi) is 8.23. The molecule has 1 aliphatic carbocycles. The summed E-state index contributed by atoms with van der Waals surface area (Å²) in [5.74, 6) is 0.849. The van der Waals surface area contributed by atoms with Crippen LogP contribution >= 0.6 is 0 Å². The number of carbonyl (C=O) groups is 2. The molecule has 2 aliphatic rings. The van der Waals surface area contributed by atoms with Crippen molar-refractivity contribution in [1.82, 2.24) is 20.2 Å². The van der Waals surface area contributed by atoms with E-state index in [1.807, 2.05) is 29.2 Å². The van der Waals surface area contributed by atoms with Crippen molar-refractivity contribution in [1.29, 1.82) is 5.26 Å². The third-order valence-electron chi connectivity index (χ3n) is 6.04. The molecule has 2 heterocycles. The van der Waals surface area contributed by atoms with Crippen LogP contribution in [0.4, 0.5) is 5.69 Å². The van der Waals surface area contributed by atoms with Gasteiger partial charge in [-0.2, -0.15) is 5.26 Å². The monoisotopic (exact) mass is 478 g/mol. The molecule has 1 aromatic carbocycles. The van der Waals surface area contributed by atoms with Crippen molar-refractivity contribution in [2.75, 3.05) is 45.2 Å². The van der Waals surface area contributed by atoms with Crippen molar-refractivity contribution >= 4 is 17.5 Å². The number of nitrogens with one attached hydrogen (secondary N) is 2. The second kappa shape index (κ2) is 11.7. The second-order valence-electron chi connectivity index (χ2n) is 8.77. The van der Waals surface area contributed by atoms with Crippen LogP contribution in [0, 0.1) is 17.2 Å². The molecule has 1 saturated carbocycles. The highest BCUT2D eigenvalue weighted by atomic mass is 16.5. The lowest BCUT2D eigenvalue weighted by Gasteiger charge is -2.33. The highest BCUT2D eigenvalue weighted by Gasteiger charge is 2.35. The van der Waals surface area contributed by atoms with Crippen LogP contribution in [-0.4, -0.2) is 72.7 Å². The maximum Gasteiger partial charge on any atom is 0.230 e. The summed E-state index contributed by atoms with van der Waals surface area (Å²) >= 11 is 0. The molecule has 1 aliphatic heterocycles. The van der Waals surface area contributed by atoms with E-state index in [0.717, 1.165) is 31.4 Å². The Morgan fingerprint density at radius 1 is 1.29 bits per heavy atom. The average Bonchev–Trinajstić information content (AvgIpc) is 3.73. The van der Waals surface area contributed by atoms with E-state index in [-0.39, 0.29) is 36.0 Å². The standard InChI is InChI=1S/C25H30N6O4/c1-34-23-10-17(2-5-22(23)30-24(32)11-19-13-29-20(12-26)14-28-19)6-7-27-15-21-16-31(8-9-35-21)25(33)18-3-4-18/h2,5,10,13-14,18,21,27H,3-4,6-9,11,15-16H2,1H3,(H,30,32)/t21-/m0/s1. The van der Waals surface area contributed by atoms with E-state index in [9.17, 15) is 9.59 Å². The first kappa shape index (κ1) is 24.6. The van der Waals surface area contributed by atoms with Crippen molar-refractivity contribution in [3.63, 3.8) is 0 Å². The van der Waals surface area contributed by atoms with Crippen LogP contribution in [0.5, 0.6) is 5.75 Å². The molecule has 184 valence electrons. The van der Waals surface area contributed by atoms with Gasteiger partial charge in [0.25, 0.3) is 0 Å². The summed E-state index contributed by atoms with van der Waals surface area (Å²) in [5.41, 5.74) is 2.33. The van der Waals surface area contributed by atoms with Gasteiger partial charge in [-0.15, -0.1) is 0 Å². The number of nitrogens with zero attached hydrogens (tertiary/aromatic N) is 4. The van der Waals surface area contributed by atoms with Crippen molar-refractivity contribution in [2.45, 2.75) is 31.8 Å². The lowest BCUT2D eigenvalue weighted by Crippen LogP contribution is -2.49. The number of amides is 2. The zero-order valence-corrected chi connectivity index (χ0v) is 19.8. The maximum atomic E-state index is 12.4. The van der Waals surface area contributed by atoms with Crippen molar-refractivity contribution in [3.8, 4) is 11.8 Å². The average molecular weight is 479 g/mol. The number of ether oxygens (including phenoxy) is 2. The van der Waals surface area contributed by atoms with Crippen LogP contribution in [-0.2, 0) is 27.2 Å². The van der Waals surface area contributed by atoms with E-state index in [2.05, 4.69) is 20.6 Å². The van der Waals surface area contributed by atoms with E-state index in [0.29, 0.717) is 43.4 Å². The van der Waals surface area contributed by atoms with Crippen molar-refractivity contribution < 1.29 is 19.1 Å². The predicted octanol–water partition coefficient (Wildman–Crippen LogP) is 1.31. The van der Waals surface area contributed by atoms with Gasteiger partial charge in [0, 0.05) is 25.6 Å². The fourth-order valence-electron chi connectivity index (χ4n) is 3.98. The van der Waals surface area contributed by atoms with Crippen LogP contribution in [0.15, 0.2) is 30.6 Å². The Morgan fingerprint density at radius 3 is 2.86 bits per heavy atom. The van der Waals surface area contributed by atoms with Crippen LogP contribution in [0.3, 0.4) is 0 Å². The minimum atomic E-state index is -0.251. The number of nitriles is 1. The summed E-state index contributed by atoms with van der Waals surface area (Å²) in [6.45, 7) is 3.38. The molecule has 0 radical (unpaired) electrons. The molecule has 0 bridgehead atoms. The zero-order valence-electron chi connectivity index (χ0n) is 19.8. The maximum absolute atomic E-state index is 12.4. The number of benzene rings is 1. The Morgan fingerprint density at radius 2 is 2.14 bits per heavy atom. The molecule has 1 atom stereocenters. The van der Waals surface area contributed by atoms with Gasteiger partial charge in [-0.05, 0) is 43.5 Å². The van der Waals surface area contributed by atoms with Crippen LogP contribution in [0.25, 0.3) is 0 Å². The molecule has 10 nitrogen and oxygen atoms in total. The van der Waals surface area contributed by atoms with Gasteiger partial charge in [-0.3, -0.25) is 14.6 Å². The Labute approximate surface area is 204 Å². The van der Waals surface area contributed by atoms with E-state index < -0.39 is 0 Å². The fourth-order valence-corrected chi connectivity index (χ4v) is 3.98. The summed E-state index contributed by atoms with van der Waals surface area (Å²) in [5, 5.41) is 15.1. The van der Waals surface area contributed by atoms with E-state index in [1.165, 1.54) is 12.4 Å². The largest absolute Gasteiger partial charge is 0.495 e. The second-order valence-corrected chi connectivity index (χ2v) is 8.77. The van der Waals surface area contributed by atoms with Gasteiger partial charge >= 0.3 is 0 Å². The van der Waals surface area contributed by atoms with Gasteiger partial charge in [0.1, 0.15) is 11.8 Å². The summed E-state index contributed by atoms with van der Waals surface area (Å²) < 4.78 is 11.3. The third-order valence-corrected chi connectivity index (χ3v) is 6.04. The Balaban J connectivity index is 1.22. The molecule has 10 heteroatoms. The lowest BCUT2D eigenvalue weighted by molar-refractivity contribution is -0.139. The summed E-state index contributed by atoms with van der Waals surface area (Å²) in [4.78, 5) is 34.6. The third kappa shape index (κ3) is 6.97. The highest BCUT2D eigenvalue weighted by molar-refractivity contribution is 5.93. The number of hydrogen-bond acceptors (Lipinski definition) is 8. The molecule has 35 heavy (non-hydrogen) atoms. The molecule has 2 aromatic rings. The van der Waals surface area contributed by atoms with Crippen LogP contribution < -0.4 is 15.4 Å². The molecule has 4 rings (SSSR count). The topological polar surface area (TPSA) is 129 Å². The molecular weight excluding hydrogens is 448 g/mol. The van der Waals surface area contributed by atoms with Gasteiger partial charge in [0.2, 0.25) is 11.8 Å². The highest BCUT2D eigenvalue weighted by Crippen LogP contribution is 2.31. The van der Waals surface area contributed by atoms with Crippen molar-refractivity contribution in [2.24, 2.45) is 5.92 Å². The van der Waals surface area contributed by atoms with Crippen LogP contribution in [0.2, 0.25) is 0 Å². The quantitative estimate of drug-likeness (QED) is 0.489. The molecule has 2 N–H and O–H groups in total. The summed E-state index contributed by atoms with van der Waals surface area (Å²) in [6, 6.07) is 7.58. The number of rotatable bonds is 10. The summed E-state index contributed by atoms with van der Waals surface area (Å²) in [6.07, 6.45) is 5.65. The Hall–Kier alpha value is -3.55. The number of anilines is 1. The van der Waals surface area contributed by atoms with Crippen molar-refractivity contribution in [3.05, 3.63) is 47.5 Å². The molecule has 0 unspecified atom stereocenters. The number of morpholine rings is 1. The summed E-state index contributed by atoms with van der Waals surface area (Å²) in [7, 11) is 1.56. The molecule has 2 amide bonds. The van der Waals surface area contributed by atoms with Crippen LogP contribution in [0.1, 0.15) is 29.8 Å². The predicted molar refractivity (Wildman–Crippen MR) is 128 cm³/mol. The number of carbonyl (C=O) groups excluding carboxylic acids is 2. The normalized spacial score (nSPS) is 17.5. The zero-order chi connectivity index (χ0) is 24.6. The van der Waals surface area contributed by atoms with Gasteiger partial charge in [0.15, 0.2) is 5.69 Å². The fraction of sp³-hybridized carbons (Fsp3) is 0.480. The molecule has 0 spiro atoms. The molecule has 1 saturated heterocycles. The van der Waals surface area contributed by atoms with E-state index in [1.54, 1.807) is 7.11 Å². The number of methoxy groups -OCH3 is 1. The lowest BCUT2D eigenvalue weighted by atomic mass is 10.1. The van der Waals surface area contributed by atoms with Gasteiger partial charge in [-0.25, -0.2) is 4.98 Å². The molecule has 2 fully saturated rings. The first-order valence-electron chi connectivity index (χ1n) is 11.8. The Bertz CT molecular complexity index is 1080. The minimum absolute atomic E-state index is 0.0133. The number of aromatic nitrogens is 2. The van der Waals surface area contributed by atoms with Gasteiger partial charge in [-0.1, -0.05) is 6.07 Å². The number of hydrogen-bond donors (Lipinski definition) is 2. The molecule has 1 aromatic heterocycles. The first-order chi connectivity index (χ1) is 17.1. The SMILES string of the molecule is COc1cc(CCNC[C@H]2CN(C(=O)C3CC3)CCO2)ccc1NC(=O)Cc1cnc(C#N)cn1. The van der Waals surface area contributed by atoms with Gasteiger partial charge in [0.05, 0.1) is 50.0 Å². The van der Waals surface area contributed by atoms with E-state index in [4.69, 9.17) is 14.7 Å². The smallest absolute Gasteiger partial charge is 0.230 e. The minimum Gasteiger partial charge on any atom is -0.495 e. The first-order valence-corrected chi connectivity index (χ1v) is 11.8.